The van der Waals surface area contributed by atoms with Gasteiger partial charge >= 0.3 is 0 Å². The molecule has 0 bridgehead atoms. The molecule has 0 atom stereocenters. The Morgan fingerprint density at radius 1 is 1.21 bits per heavy atom. The van der Waals surface area contributed by atoms with E-state index in [1.54, 1.807) is 12.3 Å². The molecule has 0 spiro atoms. The van der Waals surface area contributed by atoms with Crippen LogP contribution in [-0.2, 0) is 0 Å². The van der Waals surface area contributed by atoms with Crippen LogP contribution in [-0.4, -0.2) is 43.7 Å². The molecule has 8 heteroatoms. The van der Waals surface area contributed by atoms with E-state index in [4.69, 9.17) is 4.98 Å². The Morgan fingerprint density at radius 2 is 1.93 bits per heavy atom. The van der Waals surface area contributed by atoms with E-state index in [-0.39, 0.29) is 16.6 Å². The molecule has 0 amide bonds. The Labute approximate surface area is 168 Å². The summed E-state index contributed by atoms with van der Waals surface area (Å²) in [5.74, 6) is 0.694. The van der Waals surface area contributed by atoms with Crippen molar-refractivity contribution < 1.29 is 0 Å². The highest BCUT2D eigenvalue weighted by molar-refractivity contribution is 7.19. The summed E-state index contributed by atoms with van der Waals surface area (Å²) in [5.41, 5.74) is 0.624. The van der Waals surface area contributed by atoms with E-state index in [0.29, 0.717) is 21.8 Å². The summed E-state index contributed by atoms with van der Waals surface area (Å²) in [5, 5.41) is 8.80. The summed E-state index contributed by atoms with van der Waals surface area (Å²) in [4.78, 5) is 24.5. The molecule has 4 heterocycles. The number of rotatable bonds is 3. The number of hydrogen-bond donors (Lipinski definition) is 1. The Kier molecular flexibility index (Phi) is 4.50. The number of aromatic nitrogens is 4. The second kappa shape index (κ2) is 6.63. The van der Waals surface area contributed by atoms with Crippen LogP contribution < -0.4 is 15.8 Å². The number of pyridine rings is 1. The van der Waals surface area contributed by atoms with Crippen LogP contribution in [0.15, 0.2) is 35.3 Å². The van der Waals surface area contributed by atoms with Crippen LogP contribution >= 0.6 is 11.3 Å². The Morgan fingerprint density at radius 3 is 2.57 bits per heavy atom. The quantitative estimate of drug-likeness (QED) is 0.731. The van der Waals surface area contributed by atoms with Gasteiger partial charge in [0.25, 0.3) is 5.56 Å². The van der Waals surface area contributed by atoms with Gasteiger partial charge in [-0.2, -0.15) is 4.52 Å². The second-order valence-corrected chi connectivity index (χ2v) is 9.79. The van der Waals surface area contributed by atoms with Gasteiger partial charge in [-0.05, 0) is 52.7 Å². The third kappa shape index (κ3) is 3.66. The van der Waals surface area contributed by atoms with Gasteiger partial charge in [-0.1, -0.05) is 17.4 Å². The van der Waals surface area contributed by atoms with Gasteiger partial charge in [0.1, 0.15) is 11.5 Å². The van der Waals surface area contributed by atoms with Crippen LogP contribution in [0, 0.1) is 0 Å². The first-order valence-corrected chi connectivity index (χ1v) is 10.3. The summed E-state index contributed by atoms with van der Waals surface area (Å²) in [6, 6.07) is 7.52. The van der Waals surface area contributed by atoms with Gasteiger partial charge in [0.2, 0.25) is 4.96 Å². The van der Waals surface area contributed by atoms with Gasteiger partial charge in [-0.3, -0.25) is 9.78 Å². The molecular formula is C20H26N6OS. The minimum atomic E-state index is -0.169. The van der Waals surface area contributed by atoms with E-state index in [0.717, 1.165) is 18.5 Å². The fraction of sp³-hybridized carbons (Fsp3) is 0.500. The number of fused-ring (bicyclic) bond motifs is 1. The highest BCUT2D eigenvalue weighted by atomic mass is 32.1. The average Bonchev–Trinajstić information content (AvgIpc) is 3.04. The fourth-order valence-corrected chi connectivity index (χ4v) is 5.18. The number of nitrogens with one attached hydrogen (secondary N) is 1. The zero-order valence-corrected chi connectivity index (χ0v) is 17.7. The van der Waals surface area contributed by atoms with Crippen LogP contribution in [0.25, 0.3) is 15.7 Å². The SMILES string of the molecule is CN(c1cc(=O)n2nc(-c3ccccn3)sc2n1)C1CC(C)(C)NC(C)(C)C1. The monoisotopic (exact) mass is 398 g/mol. The summed E-state index contributed by atoms with van der Waals surface area (Å²) >= 11 is 1.38. The summed E-state index contributed by atoms with van der Waals surface area (Å²) in [6.45, 7) is 8.90. The van der Waals surface area contributed by atoms with Crippen molar-refractivity contribution in [1.29, 1.82) is 0 Å². The lowest BCUT2D eigenvalue weighted by Crippen LogP contribution is -2.62. The molecule has 148 valence electrons. The molecule has 3 aromatic heterocycles. The Bertz CT molecular complexity index is 1040. The van der Waals surface area contributed by atoms with Crippen molar-refractivity contribution in [2.75, 3.05) is 11.9 Å². The van der Waals surface area contributed by atoms with Crippen molar-refractivity contribution in [3.8, 4) is 10.7 Å². The highest BCUT2D eigenvalue weighted by Crippen LogP contribution is 2.33. The maximum absolute atomic E-state index is 12.7. The molecule has 1 saturated heterocycles. The second-order valence-electron chi connectivity index (χ2n) is 8.83. The van der Waals surface area contributed by atoms with Crippen LogP contribution in [0.3, 0.4) is 0 Å². The maximum atomic E-state index is 12.7. The van der Waals surface area contributed by atoms with Gasteiger partial charge in [0, 0.05) is 36.4 Å². The zero-order chi connectivity index (χ0) is 20.1. The van der Waals surface area contributed by atoms with Crippen molar-refractivity contribution >= 4 is 22.1 Å². The van der Waals surface area contributed by atoms with Gasteiger partial charge in [0.05, 0.1) is 0 Å². The van der Waals surface area contributed by atoms with Gasteiger partial charge in [-0.15, -0.1) is 5.10 Å². The van der Waals surface area contributed by atoms with E-state index in [1.807, 2.05) is 25.2 Å². The van der Waals surface area contributed by atoms with E-state index in [2.05, 4.69) is 48.0 Å². The van der Waals surface area contributed by atoms with Crippen molar-refractivity contribution in [2.24, 2.45) is 0 Å². The maximum Gasteiger partial charge on any atom is 0.277 e. The standard InChI is InChI=1S/C20H26N6OS/c1-19(2)11-13(12-20(3,4)24-19)25(5)15-10-16(27)26-18(22-15)28-17(23-26)14-8-6-7-9-21-14/h6-10,13,24H,11-12H2,1-5H3. The molecule has 0 aromatic carbocycles. The zero-order valence-electron chi connectivity index (χ0n) is 16.9. The first-order chi connectivity index (χ1) is 13.1. The largest absolute Gasteiger partial charge is 0.356 e. The predicted molar refractivity (Wildman–Crippen MR) is 113 cm³/mol. The van der Waals surface area contributed by atoms with Gasteiger partial charge < -0.3 is 10.2 Å². The lowest BCUT2D eigenvalue weighted by atomic mass is 9.79. The Hall–Kier alpha value is -2.32. The summed E-state index contributed by atoms with van der Waals surface area (Å²) in [7, 11) is 2.03. The van der Waals surface area contributed by atoms with Crippen LogP contribution in [0.5, 0.6) is 0 Å². The van der Waals surface area contributed by atoms with Crippen molar-refractivity contribution in [2.45, 2.75) is 57.7 Å². The van der Waals surface area contributed by atoms with Gasteiger partial charge in [-0.25, -0.2) is 4.98 Å². The van der Waals surface area contributed by atoms with E-state index in [9.17, 15) is 4.79 Å². The predicted octanol–water partition coefficient (Wildman–Crippen LogP) is 2.96. The van der Waals surface area contributed by atoms with Crippen molar-refractivity contribution in [3.63, 3.8) is 0 Å². The average molecular weight is 399 g/mol. The van der Waals surface area contributed by atoms with Crippen molar-refractivity contribution in [3.05, 3.63) is 40.8 Å². The van der Waals surface area contributed by atoms with Crippen LogP contribution in [0.2, 0.25) is 0 Å². The molecule has 4 rings (SSSR count). The van der Waals surface area contributed by atoms with Crippen molar-refractivity contribution in [1.82, 2.24) is 24.9 Å². The molecule has 7 nitrogen and oxygen atoms in total. The number of hydrogen-bond acceptors (Lipinski definition) is 7. The first-order valence-electron chi connectivity index (χ1n) is 9.48. The minimum Gasteiger partial charge on any atom is -0.356 e. The third-order valence-electron chi connectivity index (χ3n) is 5.19. The molecule has 1 fully saturated rings. The minimum absolute atomic E-state index is 0.0243. The lowest BCUT2D eigenvalue weighted by Gasteiger charge is -2.49. The molecule has 0 saturated carbocycles. The Balaban J connectivity index is 1.70. The summed E-state index contributed by atoms with van der Waals surface area (Å²) in [6.07, 6.45) is 3.68. The normalized spacial score (nSPS) is 19.0. The smallest absolute Gasteiger partial charge is 0.277 e. The molecule has 0 aliphatic carbocycles. The van der Waals surface area contributed by atoms with E-state index in [1.165, 1.54) is 15.9 Å². The number of anilines is 1. The molecule has 1 aliphatic heterocycles. The molecule has 0 radical (unpaired) electrons. The highest BCUT2D eigenvalue weighted by Gasteiger charge is 2.39. The van der Waals surface area contributed by atoms with Crippen LogP contribution in [0.4, 0.5) is 5.82 Å². The fourth-order valence-electron chi connectivity index (χ4n) is 4.30. The van der Waals surface area contributed by atoms with E-state index >= 15 is 0 Å². The van der Waals surface area contributed by atoms with Crippen LogP contribution in [0.1, 0.15) is 40.5 Å². The molecule has 0 unspecified atom stereocenters. The summed E-state index contributed by atoms with van der Waals surface area (Å²) < 4.78 is 1.36. The van der Waals surface area contributed by atoms with Gasteiger partial charge in [0.15, 0.2) is 5.01 Å². The van der Waals surface area contributed by atoms with E-state index < -0.39 is 0 Å². The molecule has 28 heavy (non-hydrogen) atoms. The first kappa shape index (κ1) is 19.0. The topological polar surface area (TPSA) is 75.4 Å². The molecule has 1 aliphatic rings. The molecule has 3 aromatic rings. The third-order valence-corrected chi connectivity index (χ3v) is 6.12. The lowest BCUT2D eigenvalue weighted by molar-refractivity contribution is 0.160. The molecular weight excluding hydrogens is 372 g/mol. The number of piperidine rings is 1. The molecule has 1 N–H and O–H groups in total. The number of nitrogens with zero attached hydrogens (tertiary/aromatic N) is 5.